The molecule has 0 aromatic rings. The number of urea groups is 1. The van der Waals surface area contributed by atoms with Crippen LogP contribution in [0.3, 0.4) is 0 Å². The lowest BCUT2D eigenvalue weighted by atomic mass is 10.3. The standard InChI is InChI=1S/C12H23N3O5/c1-4-15(5-2)6-9(3)13-12(19)14-10(16)7-20-8-11(17)18/h9H,4-8H2,1-3H3,(H,17,18)(H2,13,14,16,19). The van der Waals surface area contributed by atoms with Gasteiger partial charge in [-0.25, -0.2) is 9.59 Å². The Hall–Kier alpha value is -1.67. The molecule has 1 atom stereocenters. The maximum atomic E-state index is 11.5. The van der Waals surface area contributed by atoms with Gasteiger partial charge in [0.1, 0.15) is 13.2 Å². The summed E-state index contributed by atoms with van der Waals surface area (Å²) in [7, 11) is 0. The average molecular weight is 289 g/mol. The first-order valence-electron chi connectivity index (χ1n) is 6.51. The van der Waals surface area contributed by atoms with E-state index in [1.165, 1.54) is 0 Å². The van der Waals surface area contributed by atoms with E-state index in [0.717, 1.165) is 13.1 Å². The van der Waals surface area contributed by atoms with Crippen LogP contribution in [0.15, 0.2) is 0 Å². The number of carboxylic acid groups (broad SMARTS) is 1. The van der Waals surface area contributed by atoms with Crippen molar-refractivity contribution in [1.82, 2.24) is 15.5 Å². The highest BCUT2D eigenvalue weighted by molar-refractivity contribution is 5.95. The van der Waals surface area contributed by atoms with E-state index in [2.05, 4.69) is 20.3 Å². The Morgan fingerprint density at radius 3 is 2.30 bits per heavy atom. The molecule has 8 heteroatoms. The first-order valence-corrected chi connectivity index (χ1v) is 6.51. The molecule has 3 amide bonds. The molecule has 0 aliphatic rings. The van der Waals surface area contributed by atoms with Crippen molar-refractivity contribution < 1.29 is 24.2 Å². The lowest BCUT2D eigenvalue weighted by Gasteiger charge is -2.23. The number of ether oxygens (including phenoxy) is 1. The van der Waals surface area contributed by atoms with Crippen LogP contribution in [0.5, 0.6) is 0 Å². The highest BCUT2D eigenvalue weighted by atomic mass is 16.5. The van der Waals surface area contributed by atoms with Crippen molar-refractivity contribution in [3.8, 4) is 0 Å². The third kappa shape index (κ3) is 9.29. The first-order chi connectivity index (χ1) is 9.38. The zero-order valence-electron chi connectivity index (χ0n) is 12.1. The van der Waals surface area contributed by atoms with E-state index in [-0.39, 0.29) is 6.04 Å². The average Bonchev–Trinajstić information content (AvgIpc) is 2.34. The van der Waals surface area contributed by atoms with Gasteiger partial charge in [0.2, 0.25) is 0 Å². The van der Waals surface area contributed by atoms with E-state index in [4.69, 9.17) is 5.11 Å². The van der Waals surface area contributed by atoms with Crippen LogP contribution in [-0.4, -0.2) is 66.8 Å². The molecule has 0 saturated carbocycles. The molecule has 20 heavy (non-hydrogen) atoms. The van der Waals surface area contributed by atoms with Crippen molar-refractivity contribution in [2.75, 3.05) is 32.8 Å². The molecule has 8 nitrogen and oxygen atoms in total. The smallest absolute Gasteiger partial charge is 0.329 e. The van der Waals surface area contributed by atoms with Gasteiger partial charge in [-0.05, 0) is 20.0 Å². The molecular formula is C12H23N3O5. The third-order valence-corrected chi connectivity index (χ3v) is 2.52. The number of carbonyl (C=O) groups excluding carboxylic acids is 2. The van der Waals surface area contributed by atoms with Gasteiger partial charge in [0.05, 0.1) is 0 Å². The summed E-state index contributed by atoms with van der Waals surface area (Å²) >= 11 is 0. The fourth-order valence-corrected chi connectivity index (χ4v) is 1.57. The lowest BCUT2D eigenvalue weighted by Crippen LogP contribution is -2.48. The van der Waals surface area contributed by atoms with E-state index >= 15 is 0 Å². The second-order valence-electron chi connectivity index (χ2n) is 4.30. The van der Waals surface area contributed by atoms with E-state index in [1.807, 2.05) is 20.8 Å². The molecule has 0 spiro atoms. The normalized spacial score (nSPS) is 12.0. The predicted octanol–water partition coefficient (Wildman–Crippen LogP) is -0.356. The van der Waals surface area contributed by atoms with E-state index in [1.54, 1.807) is 0 Å². The zero-order valence-corrected chi connectivity index (χ0v) is 12.1. The van der Waals surface area contributed by atoms with Crippen LogP contribution in [0.25, 0.3) is 0 Å². The van der Waals surface area contributed by atoms with Crippen molar-refractivity contribution in [1.29, 1.82) is 0 Å². The van der Waals surface area contributed by atoms with Crippen LogP contribution in [0, 0.1) is 0 Å². The van der Waals surface area contributed by atoms with Crippen molar-refractivity contribution in [3.05, 3.63) is 0 Å². The summed E-state index contributed by atoms with van der Waals surface area (Å²) in [5, 5.41) is 13.0. The summed E-state index contributed by atoms with van der Waals surface area (Å²) in [6.07, 6.45) is 0. The molecule has 0 heterocycles. The molecule has 0 aliphatic carbocycles. The Morgan fingerprint density at radius 2 is 1.80 bits per heavy atom. The Balaban J connectivity index is 3.91. The minimum atomic E-state index is -1.17. The summed E-state index contributed by atoms with van der Waals surface area (Å²) in [6.45, 7) is 7.29. The van der Waals surface area contributed by atoms with E-state index in [0.29, 0.717) is 6.54 Å². The van der Waals surface area contributed by atoms with Gasteiger partial charge in [0.25, 0.3) is 5.91 Å². The number of amides is 3. The van der Waals surface area contributed by atoms with Gasteiger partial charge < -0.3 is 20.1 Å². The van der Waals surface area contributed by atoms with Crippen molar-refractivity contribution >= 4 is 17.9 Å². The molecule has 0 fully saturated rings. The van der Waals surface area contributed by atoms with Gasteiger partial charge in [-0.15, -0.1) is 0 Å². The summed E-state index contributed by atoms with van der Waals surface area (Å²) in [5.41, 5.74) is 0. The molecule has 0 aromatic carbocycles. The Bertz CT molecular complexity index is 331. The molecule has 3 N–H and O–H groups in total. The second-order valence-corrected chi connectivity index (χ2v) is 4.30. The number of nitrogens with zero attached hydrogens (tertiary/aromatic N) is 1. The van der Waals surface area contributed by atoms with Crippen LogP contribution in [0.1, 0.15) is 20.8 Å². The van der Waals surface area contributed by atoms with Gasteiger partial charge in [0.15, 0.2) is 0 Å². The van der Waals surface area contributed by atoms with E-state index < -0.39 is 31.1 Å². The quantitative estimate of drug-likeness (QED) is 0.535. The van der Waals surface area contributed by atoms with Crippen LogP contribution in [0.2, 0.25) is 0 Å². The van der Waals surface area contributed by atoms with Crippen LogP contribution in [-0.2, 0) is 14.3 Å². The highest BCUT2D eigenvalue weighted by Crippen LogP contribution is 1.91. The third-order valence-electron chi connectivity index (χ3n) is 2.52. The van der Waals surface area contributed by atoms with Crippen molar-refractivity contribution in [2.45, 2.75) is 26.8 Å². The van der Waals surface area contributed by atoms with Gasteiger partial charge in [0, 0.05) is 12.6 Å². The van der Waals surface area contributed by atoms with Crippen molar-refractivity contribution in [3.63, 3.8) is 0 Å². The van der Waals surface area contributed by atoms with Crippen LogP contribution < -0.4 is 10.6 Å². The summed E-state index contributed by atoms with van der Waals surface area (Å²) in [4.78, 5) is 35.0. The lowest BCUT2D eigenvalue weighted by molar-refractivity contribution is -0.143. The Labute approximate surface area is 118 Å². The predicted molar refractivity (Wildman–Crippen MR) is 72.4 cm³/mol. The minimum Gasteiger partial charge on any atom is -0.480 e. The zero-order chi connectivity index (χ0) is 15.5. The molecule has 0 rings (SSSR count). The van der Waals surface area contributed by atoms with Gasteiger partial charge in [-0.3, -0.25) is 10.1 Å². The minimum absolute atomic E-state index is 0.109. The number of imide groups is 1. The number of hydrogen-bond acceptors (Lipinski definition) is 5. The SMILES string of the molecule is CCN(CC)CC(C)NC(=O)NC(=O)COCC(=O)O. The number of nitrogens with one attached hydrogen (secondary N) is 2. The molecule has 0 radical (unpaired) electrons. The topological polar surface area (TPSA) is 108 Å². The molecule has 116 valence electrons. The van der Waals surface area contributed by atoms with Gasteiger partial charge in [-0.1, -0.05) is 13.8 Å². The summed E-state index contributed by atoms with van der Waals surface area (Å²) in [5.74, 6) is -1.85. The number of hydrogen-bond donors (Lipinski definition) is 3. The molecule has 0 aromatic heterocycles. The Kier molecular flexibility index (Phi) is 9.31. The molecule has 1 unspecified atom stereocenters. The second kappa shape index (κ2) is 10.2. The summed E-state index contributed by atoms with van der Waals surface area (Å²) in [6, 6.07) is -0.726. The maximum Gasteiger partial charge on any atom is 0.329 e. The van der Waals surface area contributed by atoms with E-state index in [9.17, 15) is 14.4 Å². The molecular weight excluding hydrogens is 266 g/mol. The highest BCUT2D eigenvalue weighted by Gasteiger charge is 2.13. The van der Waals surface area contributed by atoms with Crippen LogP contribution in [0.4, 0.5) is 4.79 Å². The maximum absolute atomic E-state index is 11.5. The molecule has 0 bridgehead atoms. The van der Waals surface area contributed by atoms with Gasteiger partial charge >= 0.3 is 12.0 Å². The first kappa shape index (κ1) is 18.3. The monoisotopic (exact) mass is 289 g/mol. The Morgan fingerprint density at radius 1 is 1.20 bits per heavy atom. The largest absolute Gasteiger partial charge is 0.480 e. The number of rotatable bonds is 9. The molecule has 0 saturated heterocycles. The summed E-state index contributed by atoms with van der Waals surface area (Å²) < 4.78 is 4.56. The fourth-order valence-electron chi connectivity index (χ4n) is 1.57. The van der Waals surface area contributed by atoms with Crippen LogP contribution >= 0.6 is 0 Å². The number of carbonyl (C=O) groups is 3. The molecule has 0 aliphatic heterocycles. The van der Waals surface area contributed by atoms with Gasteiger partial charge in [-0.2, -0.15) is 0 Å². The number of carboxylic acids is 1. The fraction of sp³-hybridized carbons (Fsp3) is 0.750. The number of likely N-dealkylation sites (N-methyl/N-ethyl adjacent to an activating group) is 1. The number of aliphatic carboxylic acids is 1. The van der Waals surface area contributed by atoms with Crippen molar-refractivity contribution in [2.24, 2.45) is 0 Å².